The Morgan fingerprint density at radius 2 is 1.30 bits per heavy atom. The van der Waals surface area contributed by atoms with Crippen LogP contribution >= 0.6 is 0 Å². The lowest BCUT2D eigenvalue weighted by Gasteiger charge is -2.24. The molecule has 5 aromatic rings. The minimum atomic E-state index is -4.63. The van der Waals surface area contributed by atoms with Crippen molar-refractivity contribution in [2.24, 2.45) is 0 Å². The van der Waals surface area contributed by atoms with Crippen molar-refractivity contribution in [2.75, 3.05) is 23.9 Å². The van der Waals surface area contributed by atoms with E-state index >= 15 is 0 Å². The van der Waals surface area contributed by atoms with E-state index in [2.05, 4.69) is 0 Å². The van der Waals surface area contributed by atoms with Gasteiger partial charge >= 0.3 is 5.63 Å². The predicted octanol–water partition coefficient (Wildman–Crippen LogP) is 5.52. The summed E-state index contributed by atoms with van der Waals surface area (Å²) in [5.41, 5.74) is 1.65. The van der Waals surface area contributed by atoms with E-state index in [9.17, 15) is 26.4 Å². The number of benzene rings is 4. The molecule has 0 spiro atoms. The molecule has 1 aromatic heterocycles. The summed E-state index contributed by atoms with van der Waals surface area (Å²) in [6, 6.07) is 24.0. The Labute approximate surface area is 267 Å². The molecule has 0 fully saturated rings. The molecule has 10 nitrogen and oxygen atoms in total. The molecule has 1 heterocycles. The van der Waals surface area contributed by atoms with E-state index in [4.69, 9.17) is 9.15 Å². The lowest BCUT2D eigenvalue weighted by Crippen LogP contribution is -2.37. The number of carbonyl (C=O) groups excluding carboxylic acids is 1. The van der Waals surface area contributed by atoms with E-state index in [1.165, 1.54) is 60.4 Å². The topological polar surface area (TPSA) is 131 Å². The highest BCUT2D eigenvalue weighted by atomic mass is 32.3. The third-order valence-corrected chi connectivity index (χ3v) is 11.6. The molecule has 0 bridgehead atoms. The summed E-state index contributed by atoms with van der Waals surface area (Å²) in [7, 11) is -7.59. The van der Waals surface area contributed by atoms with Crippen LogP contribution in [0.2, 0.25) is 0 Å². The lowest BCUT2D eigenvalue weighted by molar-refractivity contribution is -0.127. The molecule has 0 aliphatic carbocycles. The molecule has 0 unspecified atom stereocenters. The van der Waals surface area contributed by atoms with E-state index in [1.807, 2.05) is 0 Å². The van der Waals surface area contributed by atoms with Crippen LogP contribution in [0.25, 0.3) is 22.1 Å². The first kappa shape index (κ1) is 32.5. The minimum absolute atomic E-state index is 0.0752. The van der Waals surface area contributed by atoms with Crippen LogP contribution in [-0.2, 0) is 24.8 Å². The maximum atomic E-state index is 14.0. The van der Waals surface area contributed by atoms with Crippen molar-refractivity contribution >= 4 is 42.6 Å². The Morgan fingerprint density at radius 1 is 0.761 bits per heavy atom. The number of anilines is 1. The van der Waals surface area contributed by atoms with Gasteiger partial charge in [-0.3, -0.25) is 4.79 Å². The molecule has 0 radical (unpaired) electrons. The van der Waals surface area contributed by atoms with Gasteiger partial charge in [0.25, 0.3) is 20.0 Å². The normalized spacial score (nSPS) is 11.7. The summed E-state index contributed by atoms with van der Waals surface area (Å²) in [6.07, 6.45) is 0. The number of fused-ring (bicyclic) bond motifs is 1. The van der Waals surface area contributed by atoms with Crippen molar-refractivity contribution in [1.82, 2.24) is 4.90 Å². The van der Waals surface area contributed by atoms with Crippen molar-refractivity contribution in [1.29, 1.82) is 0 Å². The Balaban J connectivity index is 1.56. The lowest BCUT2D eigenvalue weighted by atomic mass is 10.1. The Hall–Kier alpha value is -4.94. The molecule has 0 aliphatic heterocycles. The fourth-order valence-corrected chi connectivity index (χ4v) is 8.31. The highest BCUT2D eigenvalue weighted by molar-refractivity contribution is 8.10. The Kier molecular flexibility index (Phi) is 9.04. The largest absolute Gasteiger partial charge is 0.492 e. The maximum absolute atomic E-state index is 14.0. The summed E-state index contributed by atoms with van der Waals surface area (Å²) in [4.78, 5) is 25.5. The molecule has 0 atom stereocenters. The quantitative estimate of drug-likeness (QED) is 0.179. The van der Waals surface area contributed by atoms with Crippen molar-refractivity contribution in [3.8, 4) is 16.9 Å². The third-order valence-electron chi connectivity index (χ3n) is 7.40. The number of nitrogens with zero attached hydrogens (tertiary/aromatic N) is 2. The molecular weight excluding hydrogens is 629 g/mol. The Bertz CT molecular complexity index is 2100. The molecule has 1 amide bonds. The van der Waals surface area contributed by atoms with Gasteiger partial charge in [0.2, 0.25) is 5.91 Å². The van der Waals surface area contributed by atoms with Crippen molar-refractivity contribution in [3.05, 3.63) is 119 Å². The van der Waals surface area contributed by atoms with Crippen molar-refractivity contribution < 1.29 is 30.8 Å². The van der Waals surface area contributed by atoms with Gasteiger partial charge in [-0.15, -0.1) is 0 Å². The summed E-state index contributed by atoms with van der Waals surface area (Å²) in [5, 5.41) is 0.308. The molecule has 0 saturated heterocycles. The molecule has 0 N–H and O–H groups in total. The first-order valence-electron chi connectivity index (χ1n) is 14.2. The smallest absolute Gasteiger partial charge is 0.344 e. The fraction of sp³-hybridized carbons (Fsp3) is 0.176. The first-order valence-corrected chi connectivity index (χ1v) is 17.1. The average Bonchev–Trinajstić information content (AvgIpc) is 3.01. The summed E-state index contributed by atoms with van der Waals surface area (Å²) >= 11 is 0. The van der Waals surface area contributed by atoms with Crippen LogP contribution in [0.1, 0.15) is 18.1 Å². The SMILES string of the molecule is CC(=O)N(C)CCOc1ccc(-c2cc3cc(N(S(=O)(=O)c4ccc(C)cc4)S(=O)(=O)c4ccc(C)cc4)ccc3oc2=O)cc1. The average molecular weight is 661 g/mol. The fourth-order valence-electron chi connectivity index (χ4n) is 4.63. The van der Waals surface area contributed by atoms with E-state index in [1.54, 1.807) is 69.4 Å². The van der Waals surface area contributed by atoms with Crippen molar-refractivity contribution in [3.63, 3.8) is 0 Å². The molecule has 0 saturated carbocycles. The molecule has 0 aliphatic rings. The second-order valence-electron chi connectivity index (χ2n) is 10.8. The number of hydrogen-bond acceptors (Lipinski definition) is 8. The molecule has 12 heteroatoms. The van der Waals surface area contributed by atoms with Gasteiger partial charge in [0.15, 0.2) is 0 Å². The van der Waals surface area contributed by atoms with Gasteiger partial charge in [0.1, 0.15) is 17.9 Å². The zero-order chi connectivity index (χ0) is 33.2. The van der Waals surface area contributed by atoms with Crippen molar-refractivity contribution in [2.45, 2.75) is 30.6 Å². The predicted molar refractivity (Wildman–Crippen MR) is 176 cm³/mol. The van der Waals surface area contributed by atoms with E-state index in [0.29, 0.717) is 27.0 Å². The molecule has 238 valence electrons. The summed E-state index contributed by atoms with van der Waals surface area (Å²) in [6.45, 7) is 5.74. The maximum Gasteiger partial charge on any atom is 0.344 e. The molecule has 46 heavy (non-hydrogen) atoms. The number of rotatable bonds is 10. The minimum Gasteiger partial charge on any atom is -0.492 e. The molecular formula is C34H32N2O8S2. The third kappa shape index (κ3) is 6.68. The van der Waals surface area contributed by atoms with Gasteiger partial charge in [-0.25, -0.2) is 21.6 Å². The van der Waals surface area contributed by atoms with Crippen LogP contribution in [0.4, 0.5) is 5.69 Å². The Morgan fingerprint density at radius 3 is 1.83 bits per heavy atom. The summed E-state index contributed by atoms with van der Waals surface area (Å²) < 4.78 is 67.8. The van der Waals surface area contributed by atoms with Crippen LogP contribution < -0.4 is 14.1 Å². The summed E-state index contributed by atoms with van der Waals surface area (Å²) in [5.74, 6) is 0.459. The number of aryl methyl sites for hydroxylation is 2. The zero-order valence-corrected chi connectivity index (χ0v) is 27.3. The van der Waals surface area contributed by atoms with Gasteiger partial charge in [-0.2, -0.15) is 3.71 Å². The second-order valence-corrected chi connectivity index (χ2v) is 14.6. The molecule has 5 rings (SSSR count). The van der Waals surface area contributed by atoms with Gasteiger partial charge in [0, 0.05) is 19.4 Å². The monoisotopic (exact) mass is 660 g/mol. The van der Waals surface area contributed by atoms with Crippen LogP contribution in [0.5, 0.6) is 5.75 Å². The van der Waals surface area contributed by atoms with Crippen LogP contribution in [-0.4, -0.2) is 47.8 Å². The van der Waals surface area contributed by atoms with E-state index in [-0.39, 0.29) is 39.1 Å². The second kappa shape index (κ2) is 12.8. The number of amides is 1. The first-order chi connectivity index (χ1) is 21.8. The standard InChI is InChI=1S/C34H32N2O8S2/c1-23-5-14-30(15-6-23)45(39,40)36(46(41,42)31-16-7-24(2)8-17-31)28-11-18-33-27(21-28)22-32(34(38)44-33)26-9-12-29(13-10-26)43-20-19-35(4)25(3)37/h5-18,21-22H,19-20H2,1-4H3. The van der Waals surface area contributed by atoms with Gasteiger partial charge in [-0.05, 0) is 80.1 Å². The number of hydrogen-bond donors (Lipinski definition) is 0. The molecule has 4 aromatic carbocycles. The van der Waals surface area contributed by atoms with Gasteiger partial charge < -0.3 is 14.1 Å². The van der Waals surface area contributed by atoms with Crippen LogP contribution in [0.3, 0.4) is 0 Å². The highest BCUT2D eigenvalue weighted by Crippen LogP contribution is 2.34. The van der Waals surface area contributed by atoms with E-state index < -0.39 is 25.7 Å². The van der Waals surface area contributed by atoms with Crippen LogP contribution in [0, 0.1) is 13.8 Å². The highest BCUT2D eigenvalue weighted by Gasteiger charge is 2.37. The number of sulfonamides is 2. The van der Waals surface area contributed by atoms with E-state index in [0.717, 1.165) is 11.1 Å². The number of ether oxygens (including phenoxy) is 1. The number of carbonyl (C=O) groups is 1. The van der Waals surface area contributed by atoms with Gasteiger partial charge in [-0.1, -0.05) is 47.5 Å². The van der Waals surface area contributed by atoms with Crippen LogP contribution in [0.15, 0.2) is 116 Å². The number of likely N-dealkylation sites (N-methyl/N-ethyl adjacent to an activating group) is 1. The zero-order valence-electron chi connectivity index (χ0n) is 25.6. The van der Waals surface area contributed by atoms with Gasteiger partial charge in [0.05, 0.1) is 27.6 Å².